The number of piperidine rings is 1. The Morgan fingerprint density at radius 2 is 1.96 bits per heavy atom. The molecule has 5 atom stereocenters. The highest BCUT2D eigenvalue weighted by Crippen LogP contribution is 2.42. The normalized spacial score (nSPS) is 38.2. The van der Waals surface area contributed by atoms with Crippen LogP contribution in [-0.2, 0) is 9.22 Å². The van der Waals surface area contributed by atoms with Gasteiger partial charge in [0.1, 0.15) is 0 Å². The Hall–Kier alpha value is -0.433. The first-order valence-electron chi connectivity index (χ1n) is 9.23. The molecule has 2 fully saturated rings. The van der Waals surface area contributed by atoms with E-state index >= 15 is 0 Å². The fourth-order valence-corrected chi connectivity index (χ4v) is 5.02. The molecule has 0 radical (unpaired) electrons. The number of amides is 1. The van der Waals surface area contributed by atoms with Crippen LogP contribution in [0.15, 0.2) is 0 Å². The van der Waals surface area contributed by atoms with E-state index in [4.69, 9.17) is 4.43 Å². The van der Waals surface area contributed by atoms with E-state index in [1.165, 1.54) is 0 Å². The SMILES string of the molecule is CC1C(O)CCC1(O)C[C@@H]1NC(=O)CC[C@H]1O[Si](C)(C)C(C)(C)C. The van der Waals surface area contributed by atoms with Gasteiger partial charge in [0.15, 0.2) is 8.32 Å². The van der Waals surface area contributed by atoms with Crippen molar-refractivity contribution in [2.75, 3.05) is 0 Å². The van der Waals surface area contributed by atoms with E-state index in [1.807, 2.05) is 6.92 Å². The largest absolute Gasteiger partial charge is 0.412 e. The first-order chi connectivity index (χ1) is 10.9. The van der Waals surface area contributed by atoms with Gasteiger partial charge in [-0.15, -0.1) is 0 Å². The van der Waals surface area contributed by atoms with E-state index in [1.54, 1.807) is 0 Å². The summed E-state index contributed by atoms with van der Waals surface area (Å²) in [5, 5.41) is 24.1. The third-order valence-corrected chi connectivity index (χ3v) is 11.1. The lowest BCUT2D eigenvalue weighted by Crippen LogP contribution is -2.57. The molecule has 140 valence electrons. The number of hydrogen-bond acceptors (Lipinski definition) is 4. The van der Waals surface area contributed by atoms with Crippen molar-refractivity contribution in [3.63, 3.8) is 0 Å². The molecule has 1 aliphatic heterocycles. The van der Waals surface area contributed by atoms with E-state index in [0.29, 0.717) is 32.1 Å². The molecule has 1 amide bonds. The molecular formula is C18H35NO4Si. The standard InChI is InChI=1S/C18H35NO4Si/c1-12-14(20)9-10-18(12,22)11-13-15(7-8-16(21)19-13)23-24(5,6)17(2,3)4/h12-15,20,22H,7-11H2,1-6H3,(H,19,21)/t12?,13-,14?,15+,18?/m0/s1. The van der Waals surface area contributed by atoms with Gasteiger partial charge in [-0.25, -0.2) is 0 Å². The Bertz CT molecular complexity index is 476. The monoisotopic (exact) mass is 357 g/mol. The van der Waals surface area contributed by atoms with Crippen LogP contribution in [0.5, 0.6) is 0 Å². The molecule has 0 bridgehead atoms. The van der Waals surface area contributed by atoms with Crippen LogP contribution in [0.1, 0.15) is 59.8 Å². The molecule has 0 aromatic carbocycles. The van der Waals surface area contributed by atoms with Gasteiger partial charge in [-0.05, 0) is 43.8 Å². The molecule has 24 heavy (non-hydrogen) atoms. The number of nitrogens with one attached hydrogen (secondary N) is 1. The minimum absolute atomic E-state index is 0.0323. The van der Waals surface area contributed by atoms with Crippen LogP contribution in [0.2, 0.25) is 18.1 Å². The van der Waals surface area contributed by atoms with Crippen molar-refractivity contribution < 1.29 is 19.4 Å². The van der Waals surface area contributed by atoms with Crippen LogP contribution in [0.3, 0.4) is 0 Å². The van der Waals surface area contributed by atoms with Gasteiger partial charge >= 0.3 is 0 Å². The molecule has 6 heteroatoms. The zero-order valence-corrected chi connectivity index (χ0v) is 17.1. The molecule has 1 saturated heterocycles. The summed E-state index contributed by atoms with van der Waals surface area (Å²) < 4.78 is 6.57. The smallest absolute Gasteiger partial charge is 0.220 e. The lowest BCUT2D eigenvalue weighted by atomic mass is 9.82. The average molecular weight is 358 g/mol. The molecule has 3 unspecified atom stereocenters. The van der Waals surface area contributed by atoms with E-state index in [9.17, 15) is 15.0 Å². The van der Waals surface area contributed by atoms with Crippen LogP contribution in [0.25, 0.3) is 0 Å². The van der Waals surface area contributed by atoms with Crippen molar-refractivity contribution in [1.82, 2.24) is 5.32 Å². The van der Waals surface area contributed by atoms with Crippen LogP contribution < -0.4 is 5.32 Å². The number of hydrogen-bond donors (Lipinski definition) is 3. The van der Waals surface area contributed by atoms with Gasteiger partial charge in [-0.2, -0.15) is 0 Å². The highest BCUT2D eigenvalue weighted by atomic mass is 28.4. The van der Waals surface area contributed by atoms with Crippen molar-refractivity contribution in [3.05, 3.63) is 0 Å². The van der Waals surface area contributed by atoms with Crippen molar-refractivity contribution >= 4 is 14.2 Å². The van der Waals surface area contributed by atoms with Crippen molar-refractivity contribution in [1.29, 1.82) is 0 Å². The zero-order valence-electron chi connectivity index (χ0n) is 16.1. The van der Waals surface area contributed by atoms with Gasteiger partial charge in [-0.3, -0.25) is 4.79 Å². The molecule has 2 aliphatic rings. The van der Waals surface area contributed by atoms with E-state index in [-0.39, 0.29) is 29.0 Å². The van der Waals surface area contributed by atoms with Crippen molar-refractivity contribution in [2.24, 2.45) is 5.92 Å². The maximum Gasteiger partial charge on any atom is 0.220 e. The van der Waals surface area contributed by atoms with Crippen molar-refractivity contribution in [2.45, 2.75) is 102 Å². The first kappa shape index (κ1) is 19.9. The maximum atomic E-state index is 11.9. The van der Waals surface area contributed by atoms with E-state index in [0.717, 1.165) is 0 Å². The molecular weight excluding hydrogens is 322 g/mol. The summed E-state index contributed by atoms with van der Waals surface area (Å²) in [5.74, 6) is -0.144. The molecule has 3 N–H and O–H groups in total. The van der Waals surface area contributed by atoms with Gasteiger partial charge in [0.05, 0.1) is 23.9 Å². The summed E-state index contributed by atoms with van der Waals surface area (Å²) in [6.07, 6.45) is 2.31. The van der Waals surface area contributed by atoms with Crippen LogP contribution in [0, 0.1) is 5.92 Å². The highest BCUT2D eigenvalue weighted by Gasteiger charge is 2.48. The lowest BCUT2D eigenvalue weighted by Gasteiger charge is -2.45. The Kier molecular flexibility index (Phi) is 5.56. The summed E-state index contributed by atoms with van der Waals surface area (Å²) in [6.45, 7) is 13.0. The molecule has 5 nitrogen and oxygen atoms in total. The molecule has 1 aliphatic carbocycles. The summed E-state index contributed by atoms with van der Waals surface area (Å²) in [5.41, 5.74) is -0.927. The second-order valence-corrected chi connectivity index (χ2v) is 14.1. The Morgan fingerprint density at radius 1 is 1.33 bits per heavy atom. The van der Waals surface area contributed by atoms with Gasteiger partial charge in [0.25, 0.3) is 0 Å². The van der Waals surface area contributed by atoms with Crippen LogP contribution in [0.4, 0.5) is 0 Å². The first-order valence-corrected chi connectivity index (χ1v) is 12.1. The lowest BCUT2D eigenvalue weighted by molar-refractivity contribution is -0.127. The second kappa shape index (κ2) is 6.70. The minimum atomic E-state index is -1.95. The minimum Gasteiger partial charge on any atom is -0.412 e. The number of aliphatic hydroxyl groups is 2. The number of carbonyl (C=O) groups excluding carboxylic acids is 1. The third kappa shape index (κ3) is 4.03. The second-order valence-electron chi connectivity index (χ2n) is 9.33. The predicted molar refractivity (Wildman–Crippen MR) is 97.2 cm³/mol. The predicted octanol–water partition coefficient (Wildman–Crippen LogP) is 2.57. The molecule has 1 saturated carbocycles. The summed E-state index contributed by atoms with van der Waals surface area (Å²) in [6, 6.07) is -0.182. The molecule has 2 rings (SSSR count). The van der Waals surface area contributed by atoms with E-state index in [2.05, 4.69) is 39.2 Å². The fraction of sp³-hybridized carbons (Fsp3) is 0.944. The van der Waals surface area contributed by atoms with Crippen LogP contribution >= 0.6 is 0 Å². The molecule has 0 aromatic rings. The Morgan fingerprint density at radius 3 is 2.46 bits per heavy atom. The topological polar surface area (TPSA) is 78.8 Å². The molecule has 0 aromatic heterocycles. The summed E-state index contributed by atoms with van der Waals surface area (Å²) >= 11 is 0. The third-order valence-electron chi connectivity index (χ3n) is 6.57. The van der Waals surface area contributed by atoms with Gasteiger partial charge in [-0.1, -0.05) is 27.7 Å². The van der Waals surface area contributed by atoms with Gasteiger partial charge in [0, 0.05) is 12.3 Å². The average Bonchev–Trinajstić information content (AvgIpc) is 2.69. The summed E-state index contributed by atoms with van der Waals surface area (Å²) in [4.78, 5) is 11.9. The van der Waals surface area contributed by atoms with Gasteiger partial charge < -0.3 is 20.0 Å². The zero-order chi connectivity index (χ0) is 18.3. The number of rotatable bonds is 4. The summed E-state index contributed by atoms with van der Waals surface area (Å²) in [7, 11) is -1.95. The fourth-order valence-electron chi connectivity index (χ4n) is 3.63. The van der Waals surface area contributed by atoms with Crippen LogP contribution in [-0.4, -0.2) is 48.3 Å². The number of carbonyl (C=O) groups is 1. The molecule has 0 spiro atoms. The van der Waals surface area contributed by atoms with Gasteiger partial charge in [0.2, 0.25) is 5.91 Å². The highest BCUT2D eigenvalue weighted by molar-refractivity contribution is 6.74. The Balaban J connectivity index is 2.14. The number of aliphatic hydroxyl groups excluding tert-OH is 1. The quantitative estimate of drug-likeness (QED) is 0.676. The van der Waals surface area contributed by atoms with Crippen molar-refractivity contribution in [3.8, 4) is 0 Å². The van der Waals surface area contributed by atoms with E-state index < -0.39 is 20.0 Å². The molecule has 1 heterocycles. The maximum absolute atomic E-state index is 11.9. The Labute approximate surface area is 147 Å².